The second-order valence-electron chi connectivity index (χ2n) is 14.4. The number of para-hydroxylation sites is 2. The molecule has 0 bridgehead atoms. The Bertz CT molecular complexity index is 3390. The maximum atomic E-state index is 6.65. The largest absolute Gasteiger partial charge is 0.501 e. The number of hydrogen-bond acceptors (Lipinski definition) is 4. The van der Waals surface area contributed by atoms with Crippen LogP contribution in [0.1, 0.15) is 0 Å². The first-order chi connectivity index (χ1) is 29.2. The number of hydrogen-bond donors (Lipinski definition) is 0. The summed E-state index contributed by atoms with van der Waals surface area (Å²) < 4.78 is 15.2. The Kier molecular flexibility index (Phi) is 9.70. The van der Waals surface area contributed by atoms with E-state index >= 15 is 0 Å². The van der Waals surface area contributed by atoms with E-state index in [1.165, 1.54) is 0 Å². The summed E-state index contributed by atoms with van der Waals surface area (Å²) in [6.45, 7) is 0. The van der Waals surface area contributed by atoms with E-state index in [0.29, 0.717) is 0 Å². The van der Waals surface area contributed by atoms with Crippen molar-refractivity contribution in [2.45, 2.75) is 0 Å². The first-order valence-corrected chi connectivity index (χ1v) is 19.6. The van der Waals surface area contributed by atoms with Gasteiger partial charge in [-0.05, 0) is 82.5 Å². The Hall–Kier alpha value is -7.37. The molecule has 0 unspecified atom stereocenters. The van der Waals surface area contributed by atoms with Crippen LogP contribution in [0.5, 0.6) is 0 Å². The zero-order valence-electron chi connectivity index (χ0n) is 32.0. The fraction of sp³-hybridized carbons (Fsp3) is 0. The van der Waals surface area contributed by atoms with Crippen LogP contribution in [0, 0.1) is 12.1 Å². The van der Waals surface area contributed by atoms with Crippen molar-refractivity contribution >= 4 is 54.9 Å². The topological polar surface area (TPSA) is 57.0 Å². The van der Waals surface area contributed by atoms with E-state index in [4.69, 9.17) is 13.8 Å². The Balaban J connectivity index is 0.000000287. The van der Waals surface area contributed by atoms with Gasteiger partial charge in [0.05, 0.1) is 22.4 Å². The summed E-state index contributed by atoms with van der Waals surface area (Å²) in [5, 5.41) is 4.24. The fourth-order valence-corrected chi connectivity index (χ4v) is 7.96. The third-order valence-electron chi connectivity index (χ3n) is 10.8. The number of pyridine rings is 1. The van der Waals surface area contributed by atoms with Crippen molar-refractivity contribution in [1.82, 2.24) is 14.5 Å². The molecule has 12 rings (SSSR count). The average Bonchev–Trinajstić information content (AvgIpc) is 4.01. The molecule has 0 aliphatic heterocycles. The van der Waals surface area contributed by atoms with Gasteiger partial charge in [0.2, 0.25) is 0 Å². The van der Waals surface area contributed by atoms with Crippen LogP contribution >= 0.6 is 0 Å². The van der Waals surface area contributed by atoms with Gasteiger partial charge in [0.15, 0.2) is 0 Å². The van der Waals surface area contributed by atoms with Gasteiger partial charge in [-0.15, -0.1) is 54.1 Å². The Morgan fingerprint density at radius 2 is 1.15 bits per heavy atom. The van der Waals surface area contributed by atoms with Crippen LogP contribution in [0.25, 0.3) is 105 Å². The van der Waals surface area contributed by atoms with E-state index in [-0.39, 0.29) is 20.1 Å². The van der Waals surface area contributed by atoms with Crippen LogP contribution in [0.3, 0.4) is 0 Å². The number of aromatic nitrogens is 3. The van der Waals surface area contributed by atoms with Crippen molar-refractivity contribution in [1.29, 1.82) is 0 Å². The van der Waals surface area contributed by atoms with Gasteiger partial charge in [-0.3, -0.25) is 4.98 Å². The summed E-state index contributed by atoms with van der Waals surface area (Å²) >= 11 is 0. The molecule has 0 aliphatic carbocycles. The first-order valence-electron chi connectivity index (χ1n) is 19.6. The second kappa shape index (κ2) is 15.8. The molecule has 0 N–H and O–H groups in total. The molecular formula is C54H33IrN3O2-2. The zero-order valence-corrected chi connectivity index (χ0v) is 34.4. The van der Waals surface area contributed by atoms with E-state index < -0.39 is 0 Å². The molecule has 1 radical (unpaired) electrons. The summed E-state index contributed by atoms with van der Waals surface area (Å²) in [5.41, 5.74) is 13.6. The van der Waals surface area contributed by atoms with E-state index in [0.717, 1.165) is 105 Å². The molecule has 4 heterocycles. The number of fused-ring (bicyclic) bond motifs is 7. The van der Waals surface area contributed by atoms with Gasteiger partial charge in [-0.2, -0.15) is 0 Å². The maximum Gasteiger partial charge on any atom is 0.136 e. The standard InChI is InChI=1S/C43H25N2O2.C11H8N.Ir/c1-3-10-27(11-4-1)29-19-22-33-36-26-31(20-23-39(36)46-40(33)24-29)45-38-17-8-7-16-37(38)44-43(45)35-15-9-14-34-32-21-18-30(25-41(32)47-42(34)35)28-12-5-2-6-13-28;1-2-6-10(7-3-1)11-8-4-5-9-12-11;/h1-14,16-26H;1-6,8-9H;/q2*-1;. The number of benzene rings is 8. The van der Waals surface area contributed by atoms with Crippen molar-refractivity contribution in [3.63, 3.8) is 0 Å². The minimum atomic E-state index is 0. The predicted octanol–water partition coefficient (Wildman–Crippen LogP) is 14.2. The molecule has 0 saturated heterocycles. The van der Waals surface area contributed by atoms with Gasteiger partial charge in [-0.25, -0.2) is 0 Å². The van der Waals surface area contributed by atoms with Crippen LogP contribution in [0.4, 0.5) is 0 Å². The monoisotopic (exact) mass is 948 g/mol. The molecule has 6 heteroatoms. The van der Waals surface area contributed by atoms with Gasteiger partial charge < -0.3 is 18.4 Å². The van der Waals surface area contributed by atoms with Crippen molar-refractivity contribution in [2.75, 3.05) is 0 Å². The van der Waals surface area contributed by atoms with Crippen molar-refractivity contribution < 1.29 is 28.9 Å². The third kappa shape index (κ3) is 6.68. The Morgan fingerprint density at radius 1 is 0.467 bits per heavy atom. The van der Waals surface area contributed by atoms with Gasteiger partial charge >= 0.3 is 0 Å². The maximum absolute atomic E-state index is 6.65. The number of rotatable bonds is 5. The normalized spacial score (nSPS) is 11.2. The second-order valence-corrected chi connectivity index (χ2v) is 14.4. The minimum Gasteiger partial charge on any atom is -0.501 e. The molecule has 60 heavy (non-hydrogen) atoms. The average molecular weight is 948 g/mol. The molecule has 0 aliphatic rings. The van der Waals surface area contributed by atoms with Crippen molar-refractivity contribution in [2.24, 2.45) is 0 Å². The molecule has 0 fully saturated rings. The van der Waals surface area contributed by atoms with E-state index in [9.17, 15) is 0 Å². The Morgan fingerprint density at radius 3 is 1.87 bits per heavy atom. The summed E-state index contributed by atoms with van der Waals surface area (Å²) in [6, 6.07) is 72.6. The van der Waals surface area contributed by atoms with E-state index in [2.05, 4.69) is 149 Å². The van der Waals surface area contributed by atoms with E-state index in [1.54, 1.807) is 6.20 Å². The van der Waals surface area contributed by atoms with Gasteiger partial charge in [0.25, 0.3) is 0 Å². The number of imidazole rings is 1. The summed E-state index contributed by atoms with van der Waals surface area (Å²) in [6.07, 6.45) is 1.79. The SMILES string of the molecule is [Ir].[c-]1ccc2c(oc3cc(-c4ccccc4)ccc32)c1-c1nc2ccccc2n1-c1ccc2oc3cc(-c4ccccc4)ccc3c2c1.[c-]1ccccc1-c1ccccn1. The molecule has 8 aromatic carbocycles. The van der Waals surface area contributed by atoms with Crippen molar-refractivity contribution in [3.05, 3.63) is 212 Å². The van der Waals surface area contributed by atoms with Gasteiger partial charge in [-0.1, -0.05) is 114 Å². The summed E-state index contributed by atoms with van der Waals surface area (Å²) in [5.74, 6) is 0.776. The molecule has 0 amide bonds. The fourth-order valence-electron chi connectivity index (χ4n) is 7.96. The van der Waals surface area contributed by atoms with Crippen LogP contribution < -0.4 is 0 Å². The van der Waals surface area contributed by atoms with Gasteiger partial charge in [0.1, 0.15) is 16.7 Å². The minimum absolute atomic E-state index is 0. The quantitative estimate of drug-likeness (QED) is 0.161. The first kappa shape index (κ1) is 36.9. The predicted molar refractivity (Wildman–Crippen MR) is 239 cm³/mol. The number of nitrogens with zero attached hydrogens (tertiary/aromatic N) is 3. The van der Waals surface area contributed by atoms with Crippen LogP contribution in [-0.2, 0) is 20.1 Å². The van der Waals surface area contributed by atoms with Crippen LogP contribution in [0.2, 0.25) is 0 Å². The molecule has 0 saturated carbocycles. The molecule has 4 aromatic heterocycles. The summed E-state index contributed by atoms with van der Waals surface area (Å²) in [7, 11) is 0. The molecule has 287 valence electrons. The molecule has 12 aromatic rings. The molecule has 0 spiro atoms. The Labute approximate surface area is 359 Å². The number of furan rings is 2. The smallest absolute Gasteiger partial charge is 0.136 e. The van der Waals surface area contributed by atoms with Crippen molar-refractivity contribution in [3.8, 4) is 50.6 Å². The van der Waals surface area contributed by atoms with E-state index in [1.807, 2.05) is 66.7 Å². The molecule has 0 atom stereocenters. The third-order valence-corrected chi connectivity index (χ3v) is 10.8. The van der Waals surface area contributed by atoms with Crippen LogP contribution in [0.15, 0.2) is 209 Å². The zero-order chi connectivity index (χ0) is 39.1. The summed E-state index contributed by atoms with van der Waals surface area (Å²) in [4.78, 5) is 9.39. The molecule has 5 nitrogen and oxygen atoms in total. The van der Waals surface area contributed by atoms with Crippen LogP contribution in [-0.4, -0.2) is 14.5 Å². The molecular weight excluding hydrogens is 915 g/mol. The van der Waals surface area contributed by atoms with Gasteiger partial charge in [0, 0.05) is 48.1 Å².